The number of carbonyl (C=O) groups excluding carboxylic acids is 1. The zero-order valence-corrected chi connectivity index (χ0v) is 18.5. The summed E-state index contributed by atoms with van der Waals surface area (Å²) in [5, 5.41) is 4.74. The summed E-state index contributed by atoms with van der Waals surface area (Å²) in [4.78, 5) is 20.0. The van der Waals surface area contributed by atoms with Gasteiger partial charge in [0.25, 0.3) is 5.91 Å². The van der Waals surface area contributed by atoms with E-state index in [-0.39, 0.29) is 17.1 Å². The average Bonchev–Trinajstić information content (AvgIpc) is 3.22. The Morgan fingerprint density at radius 2 is 1.78 bits per heavy atom. The SMILES string of the molecule is CC(C)(C)c1cc2nc(C(=O)N3CCc4ccccc4C3)cc(-c3cccc(F)c3)n2n1. The van der Waals surface area contributed by atoms with Crippen molar-refractivity contribution < 1.29 is 9.18 Å². The molecule has 2 aromatic heterocycles. The lowest BCUT2D eigenvalue weighted by Crippen LogP contribution is -2.36. The van der Waals surface area contributed by atoms with E-state index in [0.29, 0.717) is 35.7 Å². The molecule has 0 bridgehead atoms. The van der Waals surface area contributed by atoms with Gasteiger partial charge in [-0.25, -0.2) is 13.9 Å². The molecular weight excluding hydrogens is 403 g/mol. The average molecular weight is 429 g/mol. The molecule has 6 heteroatoms. The van der Waals surface area contributed by atoms with Crippen molar-refractivity contribution in [1.82, 2.24) is 19.5 Å². The third-order valence-electron chi connectivity index (χ3n) is 5.95. The first-order chi connectivity index (χ1) is 15.3. The van der Waals surface area contributed by atoms with Crippen molar-refractivity contribution in [2.24, 2.45) is 0 Å². The highest BCUT2D eigenvalue weighted by Crippen LogP contribution is 2.28. The Bertz CT molecular complexity index is 1340. The summed E-state index contributed by atoms with van der Waals surface area (Å²) in [6, 6.07) is 18.2. The molecule has 0 radical (unpaired) electrons. The van der Waals surface area contributed by atoms with Gasteiger partial charge in [0, 0.05) is 30.1 Å². The van der Waals surface area contributed by atoms with Gasteiger partial charge >= 0.3 is 0 Å². The van der Waals surface area contributed by atoms with Crippen molar-refractivity contribution in [3.05, 3.63) is 89.0 Å². The van der Waals surface area contributed by atoms with Crippen LogP contribution < -0.4 is 0 Å². The first-order valence-corrected chi connectivity index (χ1v) is 10.8. The van der Waals surface area contributed by atoms with Crippen LogP contribution in [0.25, 0.3) is 16.9 Å². The monoisotopic (exact) mass is 428 g/mol. The Balaban J connectivity index is 1.61. The molecule has 0 aliphatic carbocycles. The van der Waals surface area contributed by atoms with Gasteiger partial charge in [-0.3, -0.25) is 4.79 Å². The minimum absolute atomic E-state index is 0.127. The maximum absolute atomic E-state index is 14.0. The number of rotatable bonds is 2. The minimum atomic E-state index is -0.337. The maximum Gasteiger partial charge on any atom is 0.272 e. The van der Waals surface area contributed by atoms with Crippen LogP contribution in [0.1, 0.15) is 48.1 Å². The molecule has 0 saturated carbocycles. The molecule has 0 spiro atoms. The van der Waals surface area contributed by atoms with Crippen molar-refractivity contribution in [3.63, 3.8) is 0 Å². The molecule has 1 aliphatic heterocycles. The van der Waals surface area contributed by atoms with Crippen LogP contribution in [0.5, 0.6) is 0 Å². The smallest absolute Gasteiger partial charge is 0.272 e. The molecule has 0 unspecified atom stereocenters. The molecule has 1 amide bonds. The van der Waals surface area contributed by atoms with Crippen molar-refractivity contribution in [1.29, 1.82) is 0 Å². The zero-order chi connectivity index (χ0) is 22.5. The zero-order valence-electron chi connectivity index (χ0n) is 18.5. The Morgan fingerprint density at radius 3 is 2.53 bits per heavy atom. The highest BCUT2D eigenvalue weighted by molar-refractivity contribution is 5.94. The second kappa shape index (κ2) is 7.55. The second-order valence-corrected chi connectivity index (χ2v) is 9.33. The van der Waals surface area contributed by atoms with E-state index >= 15 is 0 Å². The number of aromatic nitrogens is 3. The standard InChI is InChI=1S/C26H25FN4O/c1-26(2,3)23-15-24-28-21(14-22(31(24)29-23)18-9-6-10-20(27)13-18)25(32)30-12-11-17-7-4-5-8-19(17)16-30/h4-10,13-15H,11-12,16H2,1-3H3. The molecule has 0 N–H and O–H groups in total. The third kappa shape index (κ3) is 3.66. The van der Waals surface area contributed by atoms with Gasteiger partial charge in [0.1, 0.15) is 11.5 Å². The Labute approximate surface area is 186 Å². The van der Waals surface area contributed by atoms with Gasteiger partial charge in [0.2, 0.25) is 0 Å². The van der Waals surface area contributed by atoms with Crippen LogP contribution in [0.4, 0.5) is 4.39 Å². The molecule has 5 rings (SSSR count). The molecule has 0 saturated heterocycles. The Morgan fingerprint density at radius 1 is 1.00 bits per heavy atom. The summed E-state index contributed by atoms with van der Waals surface area (Å²) in [5.74, 6) is -0.464. The number of nitrogens with zero attached hydrogens (tertiary/aromatic N) is 4. The van der Waals surface area contributed by atoms with Crippen molar-refractivity contribution >= 4 is 11.6 Å². The van der Waals surface area contributed by atoms with Gasteiger partial charge in [-0.15, -0.1) is 0 Å². The Hall–Kier alpha value is -3.54. The predicted molar refractivity (Wildman–Crippen MR) is 122 cm³/mol. The summed E-state index contributed by atoms with van der Waals surface area (Å²) >= 11 is 0. The van der Waals surface area contributed by atoms with Crippen LogP contribution in [0.15, 0.2) is 60.7 Å². The topological polar surface area (TPSA) is 50.5 Å². The number of halogens is 1. The fourth-order valence-corrected chi connectivity index (χ4v) is 4.14. The summed E-state index contributed by atoms with van der Waals surface area (Å²) in [5.41, 5.74) is 5.34. The number of carbonyl (C=O) groups is 1. The Kier molecular flexibility index (Phi) is 4.81. The first-order valence-electron chi connectivity index (χ1n) is 10.8. The van der Waals surface area contributed by atoms with E-state index in [9.17, 15) is 9.18 Å². The molecule has 5 nitrogen and oxygen atoms in total. The molecule has 1 aliphatic rings. The van der Waals surface area contributed by atoms with Crippen LogP contribution in [0.2, 0.25) is 0 Å². The highest BCUT2D eigenvalue weighted by Gasteiger charge is 2.25. The number of benzene rings is 2. The predicted octanol–water partition coefficient (Wildman–Crippen LogP) is 5.03. The first kappa shape index (κ1) is 20.4. The van der Waals surface area contributed by atoms with Crippen LogP contribution in [-0.2, 0) is 18.4 Å². The number of hydrogen-bond acceptors (Lipinski definition) is 3. The lowest BCUT2D eigenvalue weighted by Gasteiger charge is -2.28. The van der Waals surface area contributed by atoms with E-state index in [4.69, 9.17) is 5.10 Å². The van der Waals surface area contributed by atoms with Gasteiger partial charge in [-0.2, -0.15) is 5.10 Å². The van der Waals surface area contributed by atoms with E-state index in [0.717, 1.165) is 17.7 Å². The fraction of sp³-hybridized carbons (Fsp3) is 0.269. The van der Waals surface area contributed by atoms with E-state index in [1.807, 2.05) is 29.2 Å². The molecule has 162 valence electrons. The molecule has 0 fully saturated rings. The van der Waals surface area contributed by atoms with Gasteiger partial charge in [0.15, 0.2) is 5.65 Å². The van der Waals surface area contributed by atoms with Crippen molar-refractivity contribution in [2.75, 3.05) is 6.54 Å². The quantitative estimate of drug-likeness (QED) is 0.450. The van der Waals surface area contributed by atoms with E-state index in [1.54, 1.807) is 16.6 Å². The van der Waals surface area contributed by atoms with Crippen molar-refractivity contribution in [3.8, 4) is 11.3 Å². The van der Waals surface area contributed by atoms with Crippen LogP contribution >= 0.6 is 0 Å². The summed E-state index contributed by atoms with van der Waals surface area (Å²) in [6.07, 6.45) is 0.821. The number of amides is 1. The van der Waals surface area contributed by atoms with Crippen molar-refractivity contribution in [2.45, 2.75) is 39.2 Å². The lowest BCUT2D eigenvalue weighted by molar-refractivity contribution is 0.0729. The van der Waals surface area contributed by atoms with Gasteiger partial charge in [0.05, 0.1) is 11.4 Å². The van der Waals surface area contributed by atoms with Gasteiger partial charge in [-0.05, 0) is 35.7 Å². The number of hydrogen-bond donors (Lipinski definition) is 0. The second-order valence-electron chi connectivity index (χ2n) is 9.33. The molecule has 0 atom stereocenters. The minimum Gasteiger partial charge on any atom is -0.333 e. The summed E-state index contributed by atoms with van der Waals surface area (Å²) in [6.45, 7) is 7.43. The normalized spacial score (nSPS) is 13.9. The van der Waals surface area contributed by atoms with E-state index in [1.165, 1.54) is 17.7 Å². The fourth-order valence-electron chi connectivity index (χ4n) is 4.14. The maximum atomic E-state index is 14.0. The van der Waals surface area contributed by atoms with Crippen LogP contribution in [-0.4, -0.2) is 31.9 Å². The highest BCUT2D eigenvalue weighted by atomic mass is 19.1. The number of fused-ring (bicyclic) bond motifs is 2. The molecule has 3 heterocycles. The molecular formula is C26H25FN4O. The largest absolute Gasteiger partial charge is 0.333 e. The molecule has 2 aromatic carbocycles. The molecule has 4 aromatic rings. The molecule has 32 heavy (non-hydrogen) atoms. The van der Waals surface area contributed by atoms with Gasteiger partial charge < -0.3 is 4.90 Å². The third-order valence-corrected chi connectivity index (χ3v) is 5.95. The van der Waals surface area contributed by atoms with Crippen LogP contribution in [0, 0.1) is 5.82 Å². The van der Waals surface area contributed by atoms with Gasteiger partial charge in [-0.1, -0.05) is 57.2 Å². The van der Waals surface area contributed by atoms with E-state index in [2.05, 4.69) is 37.9 Å². The van der Waals surface area contributed by atoms with Crippen LogP contribution in [0.3, 0.4) is 0 Å². The summed E-state index contributed by atoms with van der Waals surface area (Å²) < 4.78 is 15.7. The summed E-state index contributed by atoms with van der Waals surface area (Å²) in [7, 11) is 0. The lowest BCUT2D eigenvalue weighted by atomic mass is 9.93. The van der Waals surface area contributed by atoms with E-state index < -0.39 is 0 Å².